The summed E-state index contributed by atoms with van der Waals surface area (Å²) < 4.78 is 45.2. The number of methoxy groups -OCH3 is 3. The van der Waals surface area contributed by atoms with Gasteiger partial charge in [-0.2, -0.15) is 0 Å². The lowest BCUT2D eigenvalue weighted by molar-refractivity contribution is -0.128. The van der Waals surface area contributed by atoms with E-state index in [1.807, 2.05) is 0 Å². The Morgan fingerprint density at radius 1 is 0.951 bits per heavy atom. The average molecular weight is 581 g/mol. The van der Waals surface area contributed by atoms with E-state index in [0.717, 1.165) is 10.8 Å². The first-order valence-corrected chi connectivity index (χ1v) is 13.3. The molecule has 1 atom stereocenters. The van der Waals surface area contributed by atoms with Crippen molar-refractivity contribution < 1.29 is 37.0 Å². The maximum Gasteiger partial charge on any atom is 0.411 e. The number of nitrogens with zero attached hydrogens (tertiary/aromatic N) is 1. The number of hydrogen-bond donors (Lipinski definition) is 4. The lowest BCUT2D eigenvalue weighted by Crippen LogP contribution is -2.32. The number of fused-ring (bicyclic) bond motifs is 1. The SMILES string of the molecule is COC(=O)Nc1ccc([SH](=O)=O)c(CNC(=O)C(Oc2ccc3c(N)nccc3c2)c2ccc(OC)c(OC)c2)c1. The summed E-state index contributed by atoms with van der Waals surface area (Å²) in [7, 11) is 1.18. The van der Waals surface area contributed by atoms with E-state index in [-0.39, 0.29) is 17.0 Å². The fourth-order valence-corrected chi connectivity index (χ4v) is 4.68. The first-order valence-electron chi connectivity index (χ1n) is 12.2. The molecule has 1 unspecified atom stereocenters. The molecule has 1 aromatic heterocycles. The van der Waals surface area contributed by atoms with Gasteiger partial charge in [-0.25, -0.2) is 18.2 Å². The second-order valence-electron chi connectivity index (χ2n) is 8.63. The van der Waals surface area contributed by atoms with Crippen LogP contribution in [-0.2, 0) is 26.8 Å². The zero-order valence-corrected chi connectivity index (χ0v) is 23.3. The van der Waals surface area contributed by atoms with Crippen LogP contribution in [0.5, 0.6) is 17.2 Å². The van der Waals surface area contributed by atoms with Crippen LogP contribution in [0.1, 0.15) is 17.2 Å². The number of carbonyl (C=O) groups is 2. The van der Waals surface area contributed by atoms with Gasteiger partial charge in [-0.05, 0) is 65.5 Å². The molecule has 4 aromatic rings. The van der Waals surface area contributed by atoms with Crippen molar-refractivity contribution in [2.75, 3.05) is 32.4 Å². The monoisotopic (exact) mass is 580 g/mol. The Bertz CT molecular complexity index is 1670. The van der Waals surface area contributed by atoms with Crippen molar-refractivity contribution in [3.05, 3.63) is 78.0 Å². The lowest BCUT2D eigenvalue weighted by atomic mass is 10.1. The molecule has 0 spiro atoms. The number of anilines is 2. The fourth-order valence-electron chi connectivity index (χ4n) is 4.10. The van der Waals surface area contributed by atoms with Crippen LogP contribution in [0.4, 0.5) is 16.3 Å². The topological polar surface area (TPSA) is 168 Å². The van der Waals surface area contributed by atoms with Gasteiger partial charge in [0.25, 0.3) is 5.91 Å². The minimum absolute atomic E-state index is 0.0139. The molecule has 214 valence electrons. The molecule has 4 N–H and O–H groups in total. The van der Waals surface area contributed by atoms with E-state index in [4.69, 9.17) is 19.9 Å². The van der Waals surface area contributed by atoms with Crippen LogP contribution in [0.25, 0.3) is 10.8 Å². The highest BCUT2D eigenvalue weighted by molar-refractivity contribution is 7.72. The van der Waals surface area contributed by atoms with Crippen LogP contribution in [0.3, 0.4) is 0 Å². The molecule has 0 aliphatic carbocycles. The van der Waals surface area contributed by atoms with E-state index in [1.165, 1.54) is 39.5 Å². The standard InChI is InChI=1S/C28H28N4O8S/c1-37-22-8-4-17(14-23(22)38-2)25(40-20-6-7-21-16(13-20)10-11-30-26(21)29)27(33)31-15-18-12-19(32-28(34)39-3)5-9-24(18)41(35)36/h4-14,25,41H,15H2,1-3H3,(H2,29,30)(H,31,33)(H,32,34). The molecule has 3 aromatic carbocycles. The number of nitrogens with one attached hydrogen (secondary N) is 2. The van der Waals surface area contributed by atoms with E-state index in [0.29, 0.717) is 34.3 Å². The smallest absolute Gasteiger partial charge is 0.411 e. The summed E-state index contributed by atoms with van der Waals surface area (Å²) >= 11 is 0. The van der Waals surface area contributed by atoms with E-state index in [2.05, 4.69) is 20.4 Å². The van der Waals surface area contributed by atoms with E-state index < -0.39 is 28.8 Å². The maximum atomic E-state index is 13.6. The van der Waals surface area contributed by atoms with Crippen molar-refractivity contribution in [2.24, 2.45) is 0 Å². The van der Waals surface area contributed by atoms with Crippen LogP contribution in [0.2, 0.25) is 0 Å². The number of carbonyl (C=O) groups excluding carboxylic acids is 2. The quantitative estimate of drug-likeness (QED) is 0.204. The Morgan fingerprint density at radius 3 is 2.44 bits per heavy atom. The van der Waals surface area contributed by atoms with E-state index in [1.54, 1.807) is 48.7 Å². The van der Waals surface area contributed by atoms with Crippen molar-refractivity contribution in [2.45, 2.75) is 17.5 Å². The number of pyridine rings is 1. The molecule has 0 fully saturated rings. The summed E-state index contributed by atoms with van der Waals surface area (Å²) in [5, 5.41) is 6.71. The summed E-state index contributed by atoms with van der Waals surface area (Å²) in [4.78, 5) is 29.3. The molecule has 0 saturated heterocycles. The first kappa shape index (κ1) is 29.0. The van der Waals surface area contributed by atoms with E-state index in [9.17, 15) is 18.0 Å². The molecular formula is C28H28N4O8S. The second kappa shape index (κ2) is 12.9. The molecule has 0 saturated carbocycles. The highest BCUT2D eigenvalue weighted by Gasteiger charge is 2.25. The lowest BCUT2D eigenvalue weighted by Gasteiger charge is -2.21. The first-order chi connectivity index (χ1) is 19.7. The fraction of sp³-hybridized carbons (Fsp3) is 0.179. The number of aromatic nitrogens is 1. The molecule has 1 heterocycles. The normalized spacial score (nSPS) is 11.5. The highest BCUT2D eigenvalue weighted by Crippen LogP contribution is 2.33. The minimum Gasteiger partial charge on any atom is -0.493 e. The van der Waals surface area contributed by atoms with Crippen LogP contribution in [0.15, 0.2) is 71.8 Å². The summed E-state index contributed by atoms with van der Waals surface area (Å²) in [5.74, 6) is 1.02. The van der Waals surface area contributed by atoms with Crippen molar-refractivity contribution in [1.82, 2.24) is 10.3 Å². The van der Waals surface area contributed by atoms with Crippen LogP contribution in [-0.4, -0.2) is 46.7 Å². The molecule has 41 heavy (non-hydrogen) atoms. The van der Waals surface area contributed by atoms with Crippen molar-refractivity contribution in [3.63, 3.8) is 0 Å². The zero-order valence-electron chi connectivity index (χ0n) is 22.4. The molecule has 12 nitrogen and oxygen atoms in total. The molecule has 4 rings (SSSR count). The minimum atomic E-state index is -2.99. The number of amides is 2. The summed E-state index contributed by atoms with van der Waals surface area (Å²) in [6, 6.07) is 16.0. The van der Waals surface area contributed by atoms with Gasteiger partial charge in [0, 0.05) is 29.4 Å². The Kier molecular flexibility index (Phi) is 9.09. The molecule has 0 aliphatic heterocycles. The number of nitrogens with two attached hydrogens (primary N) is 1. The number of ether oxygens (including phenoxy) is 4. The molecule has 0 aliphatic rings. The second-order valence-corrected chi connectivity index (χ2v) is 9.62. The summed E-state index contributed by atoms with van der Waals surface area (Å²) in [5.41, 5.74) is 6.96. The summed E-state index contributed by atoms with van der Waals surface area (Å²) in [6.45, 7) is -0.179. The van der Waals surface area contributed by atoms with Gasteiger partial charge in [-0.3, -0.25) is 10.1 Å². The molecule has 0 radical (unpaired) electrons. The number of nitrogen functional groups attached to an aromatic ring is 1. The zero-order chi connectivity index (χ0) is 29.5. The van der Waals surface area contributed by atoms with E-state index >= 15 is 0 Å². The van der Waals surface area contributed by atoms with Gasteiger partial charge in [-0.1, -0.05) is 6.07 Å². The predicted molar refractivity (Wildman–Crippen MR) is 152 cm³/mol. The van der Waals surface area contributed by atoms with Crippen LogP contribution < -0.4 is 30.6 Å². The molecule has 0 bridgehead atoms. The number of thiol groups is 1. The average Bonchev–Trinajstić information content (AvgIpc) is 2.98. The Morgan fingerprint density at radius 2 is 1.73 bits per heavy atom. The third kappa shape index (κ3) is 6.76. The van der Waals surface area contributed by atoms with Crippen LogP contribution in [0, 0.1) is 0 Å². The van der Waals surface area contributed by atoms with Gasteiger partial charge >= 0.3 is 6.09 Å². The van der Waals surface area contributed by atoms with Crippen molar-refractivity contribution in [3.8, 4) is 17.2 Å². The Labute approximate surface area is 237 Å². The third-order valence-corrected chi connectivity index (χ3v) is 6.96. The predicted octanol–water partition coefficient (Wildman–Crippen LogP) is 3.42. The number of hydrogen-bond acceptors (Lipinski definition) is 10. The van der Waals surface area contributed by atoms with Gasteiger partial charge in [0.1, 0.15) is 11.6 Å². The van der Waals surface area contributed by atoms with Crippen molar-refractivity contribution in [1.29, 1.82) is 0 Å². The number of benzene rings is 3. The highest BCUT2D eigenvalue weighted by atomic mass is 32.2. The Hall–Kier alpha value is -5.04. The third-order valence-electron chi connectivity index (χ3n) is 6.13. The van der Waals surface area contributed by atoms with Gasteiger partial charge in [-0.15, -0.1) is 0 Å². The van der Waals surface area contributed by atoms with Crippen LogP contribution >= 0.6 is 0 Å². The van der Waals surface area contributed by atoms with Gasteiger partial charge < -0.3 is 30.0 Å². The maximum absolute atomic E-state index is 13.6. The Balaban J connectivity index is 1.67. The molecular weight excluding hydrogens is 552 g/mol. The van der Waals surface area contributed by atoms with Gasteiger partial charge in [0.2, 0.25) is 6.10 Å². The van der Waals surface area contributed by atoms with Crippen molar-refractivity contribution >= 4 is 45.0 Å². The largest absolute Gasteiger partial charge is 0.493 e. The molecule has 13 heteroatoms. The number of rotatable bonds is 10. The van der Waals surface area contributed by atoms with Gasteiger partial charge in [0.05, 0.1) is 26.2 Å². The summed E-state index contributed by atoms with van der Waals surface area (Å²) in [6.07, 6.45) is -0.331. The van der Waals surface area contributed by atoms with Gasteiger partial charge in [0.15, 0.2) is 22.2 Å². The molecule has 2 amide bonds.